The zero-order valence-electron chi connectivity index (χ0n) is 5.59. The van der Waals surface area contributed by atoms with Crippen molar-refractivity contribution in [2.45, 2.75) is 13.8 Å². The molecule has 0 unspecified atom stereocenters. The lowest BCUT2D eigenvalue weighted by Gasteiger charge is -1.83. The van der Waals surface area contributed by atoms with Gasteiger partial charge in [0.2, 0.25) is 0 Å². The van der Waals surface area contributed by atoms with Gasteiger partial charge in [-0.1, -0.05) is 6.08 Å². The molecule has 0 heterocycles. The third-order valence-electron chi connectivity index (χ3n) is 0.785. The number of allylic oxidation sites excluding steroid dienone is 3. The fourth-order valence-electron chi connectivity index (χ4n) is 0.292. The van der Waals surface area contributed by atoms with Crippen molar-refractivity contribution >= 4 is 5.78 Å². The SMILES string of the molecule is CC(=O)C=CC(C)=CO. The average Bonchev–Trinajstić information content (AvgIpc) is 1.83. The molecule has 0 fully saturated rings. The summed E-state index contributed by atoms with van der Waals surface area (Å²) < 4.78 is 0. The Morgan fingerprint density at radius 3 is 2.22 bits per heavy atom. The fraction of sp³-hybridized carbons (Fsp3) is 0.286. The minimum atomic E-state index is -0.0174. The Kier molecular flexibility index (Phi) is 3.44. The molecule has 2 nitrogen and oxygen atoms in total. The van der Waals surface area contributed by atoms with Crippen LogP contribution in [0, 0.1) is 0 Å². The van der Waals surface area contributed by atoms with Crippen LogP contribution in [0.5, 0.6) is 0 Å². The summed E-state index contributed by atoms with van der Waals surface area (Å²) in [5.74, 6) is -0.0174. The van der Waals surface area contributed by atoms with Crippen LogP contribution in [-0.2, 0) is 4.79 Å². The molecule has 0 spiro atoms. The predicted octanol–water partition coefficient (Wildman–Crippen LogP) is 1.59. The Morgan fingerprint density at radius 2 is 1.89 bits per heavy atom. The van der Waals surface area contributed by atoms with E-state index in [2.05, 4.69) is 0 Å². The summed E-state index contributed by atoms with van der Waals surface area (Å²) in [6, 6.07) is 0. The second-order valence-corrected chi connectivity index (χ2v) is 1.82. The molecule has 0 aliphatic heterocycles. The van der Waals surface area contributed by atoms with Gasteiger partial charge in [-0.05, 0) is 25.5 Å². The number of carbonyl (C=O) groups excluding carboxylic acids is 1. The smallest absolute Gasteiger partial charge is 0.152 e. The van der Waals surface area contributed by atoms with Gasteiger partial charge >= 0.3 is 0 Å². The molecule has 50 valence electrons. The summed E-state index contributed by atoms with van der Waals surface area (Å²) in [6.07, 6.45) is 3.92. The van der Waals surface area contributed by atoms with Crippen LogP contribution in [0.2, 0.25) is 0 Å². The molecular weight excluding hydrogens is 116 g/mol. The molecular formula is C7H10O2. The van der Waals surface area contributed by atoms with E-state index in [0.717, 1.165) is 6.26 Å². The number of aliphatic hydroxyl groups is 1. The number of aliphatic hydroxyl groups excluding tert-OH is 1. The van der Waals surface area contributed by atoms with Gasteiger partial charge in [-0.15, -0.1) is 0 Å². The average molecular weight is 126 g/mol. The van der Waals surface area contributed by atoms with Crippen molar-refractivity contribution in [3.8, 4) is 0 Å². The molecule has 0 aliphatic rings. The van der Waals surface area contributed by atoms with Crippen LogP contribution in [-0.4, -0.2) is 10.9 Å². The number of hydrogen-bond acceptors (Lipinski definition) is 2. The Balaban J connectivity index is 3.86. The van der Waals surface area contributed by atoms with Crippen molar-refractivity contribution in [1.29, 1.82) is 0 Å². The van der Waals surface area contributed by atoms with E-state index < -0.39 is 0 Å². The van der Waals surface area contributed by atoms with Gasteiger partial charge in [-0.2, -0.15) is 0 Å². The van der Waals surface area contributed by atoms with Gasteiger partial charge in [0.1, 0.15) is 0 Å². The van der Waals surface area contributed by atoms with E-state index in [1.807, 2.05) is 0 Å². The number of carbonyl (C=O) groups is 1. The van der Waals surface area contributed by atoms with Crippen molar-refractivity contribution in [2.75, 3.05) is 0 Å². The van der Waals surface area contributed by atoms with Crippen molar-refractivity contribution in [2.24, 2.45) is 0 Å². The van der Waals surface area contributed by atoms with Gasteiger partial charge in [-0.25, -0.2) is 0 Å². The van der Waals surface area contributed by atoms with Gasteiger partial charge < -0.3 is 5.11 Å². The summed E-state index contributed by atoms with van der Waals surface area (Å²) in [4.78, 5) is 10.3. The monoisotopic (exact) mass is 126 g/mol. The van der Waals surface area contributed by atoms with Crippen molar-refractivity contribution < 1.29 is 9.90 Å². The van der Waals surface area contributed by atoms with Gasteiger partial charge in [0.25, 0.3) is 0 Å². The van der Waals surface area contributed by atoms with E-state index in [9.17, 15) is 4.79 Å². The molecule has 0 aliphatic carbocycles. The van der Waals surface area contributed by atoms with E-state index in [1.165, 1.54) is 13.0 Å². The fourth-order valence-corrected chi connectivity index (χ4v) is 0.292. The molecule has 0 saturated heterocycles. The molecule has 0 amide bonds. The molecule has 0 rings (SSSR count). The largest absolute Gasteiger partial charge is 0.515 e. The first-order valence-electron chi connectivity index (χ1n) is 2.66. The van der Waals surface area contributed by atoms with Gasteiger partial charge in [0.15, 0.2) is 5.78 Å². The normalized spacial score (nSPS) is 12.4. The third-order valence-corrected chi connectivity index (χ3v) is 0.785. The molecule has 0 saturated carbocycles. The first-order chi connectivity index (χ1) is 4.16. The standard InChI is InChI=1S/C7H10O2/c1-6(5-8)3-4-7(2)9/h3-5,8H,1-2H3. The van der Waals surface area contributed by atoms with E-state index in [1.54, 1.807) is 13.0 Å². The molecule has 0 radical (unpaired) electrons. The summed E-state index contributed by atoms with van der Waals surface area (Å²) >= 11 is 0. The molecule has 0 aromatic carbocycles. The van der Waals surface area contributed by atoms with Crippen LogP contribution in [0.3, 0.4) is 0 Å². The highest BCUT2D eigenvalue weighted by Crippen LogP contribution is 1.91. The molecule has 2 heteroatoms. The summed E-state index contributed by atoms with van der Waals surface area (Å²) in [7, 11) is 0. The quantitative estimate of drug-likeness (QED) is 0.346. The van der Waals surface area contributed by atoms with Crippen molar-refractivity contribution in [3.05, 3.63) is 24.0 Å². The lowest BCUT2D eigenvalue weighted by Crippen LogP contribution is -1.79. The molecule has 0 bridgehead atoms. The first-order valence-corrected chi connectivity index (χ1v) is 2.66. The number of ketones is 1. The lowest BCUT2D eigenvalue weighted by atomic mass is 10.3. The van der Waals surface area contributed by atoms with Crippen LogP contribution < -0.4 is 0 Å². The van der Waals surface area contributed by atoms with Crippen LogP contribution in [0.15, 0.2) is 24.0 Å². The van der Waals surface area contributed by atoms with Crippen molar-refractivity contribution in [1.82, 2.24) is 0 Å². The topological polar surface area (TPSA) is 37.3 Å². The Hall–Kier alpha value is -1.05. The minimum absolute atomic E-state index is 0.0174. The van der Waals surface area contributed by atoms with Crippen molar-refractivity contribution in [3.63, 3.8) is 0 Å². The van der Waals surface area contributed by atoms with E-state index in [-0.39, 0.29) is 5.78 Å². The van der Waals surface area contributed by atoms with E-state index >= 15 is 0 Å². The van der Waals surface area contributed by atoms with Crippen LogP contribution >= 0.6 is 0 Å². The Morgan fingerprint density at radius 1 is 1.33 bits per heavy atom. The summed E-state index contributed by atoms with van der Waals surface area (Å²) in [5, 5.41) is 8.32. The molecule has 0 aromatic heterocycles. The first kappa shape index (κ1) is 7.95. The highest BCUT2D eigenvalue weighted by Gasteiger charge is 1.81. The molecule has 0 atom stereocenters. The maximum Gasteiger partial charge on any atom is 0.152 e. The lowest BCUT2D eigenvalue weighted by molar-refractivity contribution is -0.112. The summed E-state index contributed by atoms with van der Waals surface area (Å²) in [6.45, 7) is 3.17. The molecule has 1 N–H and O–H groups in total. The number of hydrogen-bond donors (Lipinski definition) is 1. The van der Waals surface area contributed by atoms with E-state index in [4.69, 9.17) is 5.11 Å². The highest BCUT2D eigenvalue weighted by molar-refractivity contribution is 5.87. The van der Waals surface area contributed by atoms with Gasteiger partial charge in [-0.3, -0.25) is 4.79 Å². The maximum absolute atomic E-state index is 10.3. The zero-order chi connectivity index (χ0) is 7.28. The van der Waals surface area contributed by atoms with Gasteiger partial charge in [0.05, 0.1) is 6.26 Å². The second kappa shape index (κ2) is 3.89. The number of rotatable bonds is 2. The van der Waals surface area contributed by atoms with Crippen LogP contribution in [0.4, 0.5) is 0 Å². The third kappa shape index (κ3) is 4.81. The summed E-state index contributed by atoms with van der Waals surface area (Å²) in [5.41, 5.74) is 0.671. The van der Waals surface area contributed by atoms with Gasteiger partial charge in [0, 0.05) is 0 Å². The highest BCUT2D eigenvalue weighted by atomic mass is 16.2. The second-order valence-electron chi connectivity index (χ2n) is 1.82. The Labute approximate surface area is 54.5 Å². The maximum atomic E-state index is 10.3. The minimum Gasteiger partial charge on any atom is -0.515 e. The molecule has 9 heavy (non-hydrogen) atoms. The zero-order valence-corrected chi connectivity index (χ0v) is 5.59. The van der Waals surface area contributed by atoms with Crippen LogP contribution in [0.25, 0.3) is 0 Å². The predicted molar refractivity (Wildman–Crippen MR) is 36.2 cm³/mol. The van der Waals surface area contributed by atoms with E-state index in [0.29, 0.717) is 5.57 Å². The molecule has 0 aromatic rings. The Bertz CT molecular complexity index is 154. The van der Waals surface area contributed by atoms with Crippen LogP contribution in [0.1, 0.15) is 13.8 Å².